The predicted molar refractivity (Wildman–Crippen MR) is 75.7 cm³/mol. The lowest BCUT2D eigenvalue weighted by molar-refractivity contribution is -0.125. The maximum absolute atomic E-state index is 13.6. The number of piperidine rings is 1. The van der Waals surface area contributed by atoms with Gasteiger partial charge >= 0.3 is 6.03 Å². The van der Waals surface area contributed by atoms with Crippen molar-refractivity contribution in [2.24, 2.45) is 0 Å². The van der Waals surface area contributed by atoms with Gasteiger partial charge in [0.2, 0.25) is 0 Å². The van der Waals surface area contributed by atoms with Crippen LogP contribution in [0.1, 0.15) is 28.8 Å². The lowest BCUT2D eigenvalue weighted by Crippen LogP contribution is -2.55. The highest BCUT2D eigenvalue weighted by molar-refractivity contribution is 6.07. The second-order valence-corrected chi connectivity index (χ2v) is 5.75. The van der Waals surface area contributed by atoms with Crippen molar-refractivity contribution in [1.82, 2.24) is 15.5 Å². The van der Waals surface area contributed by atoms with Gasteiger partial charge in [0.1, 0.15) is 11.4 Å². The molecule has 6 nitrogen and oxygen atoms in total. The van der Waals surface area contributed by atoms with Crippen molar-refractivity contribution in [3.63, 3.8) is 0 Å². The van der Waals surface area contributed by atoms with Crippen molar-refractivity contribution in [2.45, 2.75) is 25.3 Å². The van der Waals surface area contributed by atoms with Crippen LogP contribution in [0.2, 0.25) is 0 Å². The van der Waals surface area contributed by atoms with Gasteiger partial charge in [-0.05, 0) is 37.5 Å². The van der Waals surface area contributed by atoms with Gasteiger partial charge in [-0.25, -0.2) is 9.18 Å². The van der Waals surface area contributed by atoms with Crippen LogP contribution in [0.15, 0.2) is 18.2 Å². The second kappa shape index (κ2) is 5.08. The molecule has 7 heteroatoms. The molecule has 3 rings (SSSR count). The van der Waals surface area contributed by atoms with Crippen LogP contribution in [0.3, 0.4) is 0 Å². The number of halogens is 1. The van der Waals surface area contributed by atoms with Crippen LogP contribution in [-0.2, 0) is 4.79 Å². The number of hydrogen-bond acceptors (Lipinski definition) is 3. The summed E-state index contributed by atoms with van der Waals surface area (Å²) in [6, 6.07) is 3.89. The molecule has 1 aromatic carbocycles. The van der Waals surface area contributed by atoms with E-state index in [-0.39, 0.29) is 11.8 Å². The third-order valence-corrected chi connectivity index (χ3v) is 4.34. The molecule has 0 atom stereocenters. The van der Waals surface area contributed by atoms with Gasteiger partial charge < -0.3 is 10.2 Å². The van der Waals surface area contributed by atoms with E-state index in [0.29, 0.717) is 37.1 Å². The van der Waals surface area contributed by atoms with Crippen molar-refractivity contribution in [2.75, 3.05) is 13.1 Å². The molecule has 2 heterocycles. The highest BCUT2D eigenvalue weighted by Crippen LogP contribution is 2.26. The molecule has 2 saturated heterocycles. The lowest BCUT2D eigenvalue weighted by atomic mass is 9.87. The molecule has 2 aliphatic rings. The van der Waals surface area contributed by atoms with E-state index in [1.165, 1.54) is 6.07 Å². The van der Waals surface area contributed by atoms with Gasteiger partial charge in [-0.1, -0.05) is 6.07 Å². The van der Waals surface area contributed by atoms with Crippen LogP contribution in [0.25, 0.3) is 0 Å². The molecule has 2 N–H and O–H groups in total. The zero-order chi connectivity index (χ0) is 15.9. The zero-order valence-electron chi connectivity index (χ0n) is 12.1. The number of imide groups is 1. The molecule has 0 radical (unpaired) electrons. The van der Waals surface area contributed by atoms with Crippen molar-refractivity contribution in [1.29, 1.82) is 0 Å². The number of carbonyl (C=O) groups is 3. The van der Waals surface area contributed by atoms with E-state index in [9.17, 15) is 18.8 Å². The Labute approximate surface area is 126 Å². The average Bonchev–Trinajstić information content (AvgIpc) is 2.76. The first-order chi connectivity index (χ1) is 10.4. The number of nitrogens with zero attached hydrogens (tertiary/aromatic N) is 1. The van der Waals surface area contributed by atoms with Gasteiger partial charge in [-0.2, -0.15) is 0 Å². The summed E-state index contributed by atoms with van der Waals surface area (Å²) in [5.74, 6) is -1.02. The summed E-state index contributed by atoms with van der Waals surface area (Å²) in [5, 5.41) is 4.86. The molecule has 2 aliphatic heterocycles. The Hall–Kier alpha value is -2.44. The number of carbonyl (C=O) groups excluding carboxylic acids is 3. The summed E-state index contributed by atoms with van der Waals surface area (Å²) in [6.07, 6.45) is 0.704. The zero-order valence-corrected chi connectivity index (χ0v) is 12.1. The molecule has 0 saturated carbocycles. The molecule has 2 fully saturated rings. The van der Waals surface area contributed by atoms with E-state index in [1.807, 2.05) is 0 Å². The summed E-state index contributed by atoms with van der Waals surface area (Å²) >= 11 is 0. The van der Waals surface area contributed by atoms with Gasteiger partial charge in [0.15, 0.2) is 0 Å². The van der Waals surface area contributed by atoms with Crippen molar-refractivity contribution in [3.8, 4) is 0 Å². The molecule has 1 aromatic rings. The Balaban J connectivity index is 1.71. The first-order valence-corrected chi connectivity index (χ1v) is 7.10. The number of nitrogens with one attached hydrogen (secondary N) is 2. The molecular weight excluding hydrogens is 289 g/mol. The fourth-order valence-corrected chi connectivity index (χ4v) is 2.88. The second-order valence-electron chi connectivity index (χ2n) is 5.75. The Morgan fingerprint density at radius 2 is 1.95 bits per heavy atom. The Morgan fingerprint density at radius 3 is 2.50 bits per heavy atom. The third kappa shape index (κ3) is 2.32. The van der Waals surface area contributed by atoms with Gasteiger partial charge in [0, 0.05) is 18.7 Å². The number of amides is 4. The van der Waals surface area contributed by atoms with Crippen LogP contribution < -0.4 is 10.6 Å². The molecular formula is C15H16FN3O3. The normalized spacial score (nSPS) is 20.0. The average molecular weight is 305 g/mol. The van der Waals surface area contributed by atoms with Gasteiger partial charge in [-0.3, -0.25) is 14.9 Å². The van der Waals surface area contributed by atoms with Crippen LogP contribution in [0, 0.1) is 12.7 Å². The quantitative estimate of drug-likeness (QED) is 0.758. The Kier molecular flexibility index (Phi) is 3.35. The van der Waals surface area contributed by atoms with Crippen LogP contribution in [-0.4, -0.2) is 41.4 Å². The highest BCUT2D eigenvalue weighted by atomic mass is 19.1. The molecule has 22 heavy (non-hydrogen) atoms. The number of aryl methyl sites for hydroxylation is 1. The summed E-state index contributed by atoms with van der Waals surface area (Å²) in [6.45, 7) is 2.31. The van der Waals surface area contributed by atoms with E-state index in [4.69, 9.17) is 0 Å². The number of likely N-dealkylation sites (tertiary alicyclic amines) is 1. The van der Waals surface area contributed by atoms with E-state index in [1.54, 1.807) is 24.0 Å². The highest BCUT2D eigenvalue weighted by Gasteiger charge is 2.48. The minimum absolute atomic E-state index is 0.265. The fraction of sp³-hybridized carbons (Fsp3) is 0.400. The third-order valence-electron chi connectivity index (χ3n) is 4.34. The first-order valence-electron chi connectivity index (χ1n) is 7.10. The summed E-state index contributed by atoms with van der Waals surface area (Å²) in [7, 11) is 0. The molecule has 1 spiro atoms. The molecule has 116 valence electrons. The van der Waals surface area contributed by atoms with Gasteiger partial charge in [-0.15, -0.1) is 0 Å². The topological polar surface area (TPSA) is 78.5 Å². The molecule has 4 amide bonds. The SMILES string of the molecule is Cc1ccc(C(=O)N2CCC3(CC2)NC(=O)NC3=O)cc1F. The van der Waals surface area contributed by atoms with E-state index < -0.39 is 17.4 Å². The minimum Gasteiger partial charge on any atom is -0.338 e. The lowest BCUT2D eigenvalue weighted by Gasteiger charge is -2.37. The maximum atomic E-state index is 13.6. The van der Waals surface area contributed by atoms with Gasteiger partial charge in [0.25, 0.3) is 11.8 Å². The van der Waals surface area contributed by atoms with E-state index in [0.717, 1.165) is 0 Å². The number of rotatable bonds is 1. The fourth-order valence-electron chi connectivity index (χ4n) is 2.88. The largest absolute Gasteiger partial charge is 0.338 e. The summed E-state index contributed by atoms with van der Waals surface area (Å²) in [5.41, 5.74) is -0.134. The maximum Gasteiger partial charge on any atom is 0.322 e. The Morgan fingerprint density at radius 1 is 1.27 bits per heavy atom. The van der Waals surface area contributed by atoms with Crippen molar-refractivity contribution < 1.29 is 18.8 Å². The monoisotopic (exact) mass is 305 g/mol. The first kappa shape index (κ1) is 14.5. The molecule has 0 aromatic heterocycles. The van der Waals surface area contributed by atoms with E-state index >= 15 is 0 Å². The molecule has 0 aliphatic carbocycles. The standard InChI is InChI=1S/C15H16FN3O3/c1-9-2-3-10(8-11(9)16)12(20)19-6-4-15(5-7-19)13(21)17-14(22)18-15/h2-3,8H,4-7H2,1H3,(H2,17,18,21,22). The van der Waals surface area contributed by atoms with E-state index in [2.05, 4.69) is 10.6 Å². The van der Waals surface area contributed by atoms with Crippen molar-refractivity contribution in [3.05, 3.63) is 35.1 Å². The molecule has 0 unspecified atom stereocenters. The molecule has 0 bridgehead atoms. The van der Waals surface area contributed by atoms with Crippen molar-refractivity contribution >= 4 is 17.8 Å². The van der Waals surface area contributed by atoms with Gasteiger partial charge in [0.05, 0.1) is 0 Å². The number of hydrogen-bond donors (Lipinski definition) is 2. The summed E-state index contributed by atoms with van der Waals surface area (Å²) in [4.78, 5) is 37.1. The number of urea groups is 1. The summed E-state index contributed by atoms with van der Waals surface area (Å²) < 4.78 is 13.6. The van der Waals surface area contributed by atoms with Crippen LogP contribution >= 0.6 is 0 Å². The van der Waals surface area contributed by atoms with Crippen LogP contribution in [0.4, 0.5) is 9.18 Å². The van der Waals surface area contributed by atoms with Crippen LogP contribution in [0.5, 0.6) is 0 Å². The smallest absolute Gasteiger partial charge is 0.322 e. The Bertz CT molecular complexity index is 666. The number of benzene rings is 1. The predicted octanol–water partition coefficient (Wildman–Crippen LogP) is 0.948. The minimum atomic E-state index is -0.910.